The van der Waals surface area contributed by atoms with E-state index in [0.29, 0.717) is 45.0 Å². The molecule has 0 spiro atoms. The lowest BCUT2D eigenvalue weighted by molar-refractivity contribution is -0.145. The zero-order valence-corrected chi connectivity index (χ0v) is 18.1. The van der Waals surface area contributed by atoms with Crippen molar-refractivity contribution in [2.45, 2.75) is 47.0 Å². The minimum atomic E-state index is -0.441. The summed E-state index contributed by atoms with van der Waals surface area (Å²) < 4.78 is 12.5. The molecule has 0 atom stereocenters. The smallest absolute Gasteiger partial charge is 0.277 e. The second kappa shape index (κ2) is 12.0. The molecule has 2 rings (SSSR count). The van der Waals surface area contributed by atoms with Crippen LogP contribution in [0.15, 0.2) is 30.5 Å². The SMILES string of the molecule is CCOC(Cn1cc(C(=O)Nc2ccc(CC(=O)N(CC)CC)cc2)nn1)OCC. The number of aromatic nitrogens is 3. The number of anilines is 1. The fourth-order valence-corrected chi connectivity index (χ4v) is 2.93. The van der Waals surface area contributed by atoms with Crippen LogP contribution in [0.5, 0.6) is 0 Å². The second-order valence-corrected chi connectivity index (χ2v) is 6.56. The lowest BCUT2D eigenvalue weighted by Crippen LogP contribution is -2.31. The number of amides is 2. The number of rotatable bonds is 12. The third-order valence-corrected chi connectivity index (χ3v) is 4.50. The summed E-state index contributed by atoms with van der Waals surface area (Å²) in [6.07, 6.45) is 1.45. The van der Waals surface area contributed by atoms with Gasteiger partial charge in [-0.15, -0.1) is 5.10 Å². The van der Waals surface area contributed by atoms with Crippen LogP contribution in [0.3, 0.4) is 0 Å². The van der Waals surface area contributed by atoms with Crippen molar-refractivity contribution in [3.8, 4) is 0 Å². The molecule has 9 nitrogen and oxygen atoms in total. The summed E-state index contributed by atoms with van der Waals surface area (Å²) in [7, 11) is 0. The molecule has 9 heteroatoms. The van der Waals surface area contributed by atoms with Crippen LogP contribution in [0.2, 0.25) is 0 Å². The fraction of sp³-hybridized carbons (Fsp3) is 0.524. The lowest BCUT2D eigenvalue weighted by atomic mass is 10.1. The molecule has 0 aliphatic carbocycles. The predicted molar refractivity (Wildman–Crippen MR) is 113 cm³/mol. The van der Waals surface area contributed by atoms with Gasteiger partial charge in [-0.05, 0) is 45.4 Å². The van der Waals surface area contributed by atoms with Gasteiger partial charge in [0.05, 0.1) is 19.2 Å². The summed E-state index contributed by atoms with van der Waals surface area (Å²) in [6, 6.07) is 7.21. The maximum Gasteiger partial charge on any atom is 0.277 e. The minimum Gasteiger partial charge on any atom is -0.351 e. The predicted octanol–water partition coefficient (Wildman–Crippen LogP) is 2.34. The second-order valence-electron chi connectivity index (χ2n) is 6.56. The fourth-order valence-electron chi connectivity index (χ4n) is 2.93. The Bertz CT molecular complexity index is 796. The topological polar surface area (TPSA) is 98.6 Å². The number of benzene rings is 1. The van der Waals surface area contributed by atoms with Gasteiger partial charge in [-0.3, -0.25) is 9.59 Å². The molecule has 2 aromatic rings. The number of ether oxygens (including phenoxy) is 2. The molecule has 0 fully saturated rings. The number of nitrogens with zero attached hydrogens (tertiary/aromatic N) is 4. The van der Waals surface area contributed by atoms with Crippen molar-refractivity contribution in [1.29, 1.82) is 0 Å². The Kier molecular flexibility index (Phi) is 9.43. The standard InChI is InChI=1S/C21H31N5O4/c1-5-25(6-2)19(27)13-16-9-11-17(12-10-16)22-21(28)18-14-26(24-23-18)15-20(29-7-3)30-8-4/h9-12,14,20H,5-8,13,15H2,1-4H3,(H,22,28). The van der Waals surface area contributed by atoms with Gasteiger partial charge in [-0.2, -0.15) is 0 Å². The Balaban J connectivity index is 1.93. The van der Waals surface area contributed by atoms with E-state index in [1.165, 1.54) is 4.68 Å². The summed E-state index contributed by atoms with van der Waals surface area (Å²) in [5, 5.41) is 10.7. The Morgan fingerprint density at radius 2 is 1.70 bits per heavy atom. The molecule has 0 saturated carbocycles. The van der Waals surface area contributed by atoms with Crippen molar-refractivity contribution in [2.75, 3.05) is 31.6 Å². The van der Waals surface area contributed by atoms with E-state index in [-0.39, 0.29) is 17.5 Å². The largest absolute Gasteiger partial charge is 0.351 e. The zero-order chi connectivity index (χ0) is 21.9. The molecule has 1 aromatic heterocycles. The molecular formula is C21H31N5O4. The van der Waals surface area contributed by atoms with Crippen molar-refractivity contribution in [2.24, 2.45) is 0 Å². The number of hydrogen-bond donors (Lipinski definition) is 1. The van der Waals surface area contributed by atoms with Crippen LogP contribution in [-0.4, -0.2) is 64.3 Å². The van der Waals surface area contributed by atoms with Crippen LogP contribution in [-0.2, 0) is 27.2 Å². The van der Waals surface area contributed by atoms with Gasteiger partial charge in [0.25, 0.3) is 5.91 Å². The maximum absolute atomic E-state index is 12.4. The van der Waals surface area contributed by atoms with Gasteiger partial charge in [-0.1, -0.05) is 17.3 Å². The van der Waals surface area contributed by atoms with E-state index < -0.39 is 6.29 Å². The van der Waals surface area contributed by atoms with E-state index in [9.17, 15) is 9.59 Å². The number of carbonyl (C=O) groups is 2. The highest BCUT2D eigenvalue weighted by molar-refractivity contribution is 6.02. The molecule has 0 bridgehead atoms. The van der Waals surface area contributed by atoms with Gasteiger partial charge in [0.2, 0.25) is 5.91 Å². The van der Waals surface area contributed by atoms with Gasteiger partial charge >= 0.3 is 0 Å². The maximum atomic E-state index is 12.4. The van der Waals surface area contributed by atoms with E-state index in [0.717, 1.165) is 5.56 Å². The van der Waals surface area contributed by atoms with Crippen LogP contribution >= 0.6 is 0 Å². The highest BCUT2D eigenvalue weighted by Crippen LogP contribution is 2.12. The van der Waals surface area contributed by atoms with Crippen LogP contribution in [0.1, 0.15) is 43.7 Å². The van der Waals surface area contributed by atoms with Crippen molar-refractivity contribution in [1.82, 2.24) is 19.9 Å². The van der Waals surface area contributed by atoms with E-state index in [1.807, 2.05) is 39.8 Å². The van der Waals surface area contributed by atoms with Gasteiger partial charge in [0.1, 0.15) is 0 Å². The molecule has 2 amide bonds. The Hall–Kier alpha value is -2.78. The minimum absolute atomic E-state index is 0.0887. The zero-order valence-electron chi connectivity index (χ0n) is 18.1. The Morgan fingerprint density at radius 3 is 2.27 bits per heavy atom. The van der Waals surface area contributed by atoms with Gasteiger partial charge in [-0.25, -0.2) is 4.68 Å². The van der Waals surface area contributed by atoms with Gasteiger partial charge in [0.15, 0.2) is 12.0 Å². The van der Waals surface area contributed by atoms with E-state index >= 15 is 0 Å². The van der Waals surface area contributed by atoms with E-state index in [1.54, 1.807) is 23.2 Å². The third kappa shape index (κ3) is 6.93. The molecule has 0 saturated heterocycles. The number of carbonyl (C=O) groups excluding carboxylic acids is 2. The molecule has 30 heavy (non-hydrogen) atoms. The quantitative estimate of drug-likeness (QED) is 0.532. The summed E-state index contributed by atoms with van der Waals surface area (Å²) in [4.78, 5) is 26.4. The highest BCUT2D eigenvalue weighted by Gasteiger charge is 2.15. The molecule has 0 radical (unpaired) electrons. The van der Waals surface area contributed by atoms with Gasteiger partial charge in [0, 0.05) is 32.0 Å². The number of likely N-dealkylation sites (N-methyl/N-ethyl adjacent to an activating group) is 1. The van der Waals surface area contributed by atoms with Crippen molar-refractivity contribution < 1.29 is 19.1 Å². The molecule has 0 aliphatic rings. The van der Waals surface area contributed by atoms with Crippen LogP contribution in [0.25, 0.3) is 0 Å². The van der Waals surface area contributed by atoms with Crippen molar-refractivity contribution >= 4 is 17.5 Å². The summed E-state index contributed by atoms with van der Waals surface area (Å²) in [5.41, 5.74) is 1.71. The molecule has 1 heterocycles. The summed E-state index contributed by atoms with van der Waals surface area (Å²) in [6.45, 7) is 10.5. The van der Waals surface area contributed by atoms with Crippen LogP contribution in [0, 0.1) is 0 Å². The first-order chi connectivity index (χ1) is 14.5. The molecule has 1 aromatic carbocycles. The first-order valence-electron chi connectivity index (χ1n) is 10.3. The average molecular weight is 418 g/mol. The molecule has 0 aliphatic heterocycles. The highest BCUT2D eigenvalue weighted by atomic mass is 16.7. The van der Waals surface area contributed by atoms with Crippen molar-refractivity contribution in [3.05, 3.63) is 41.7 Å². The molecule has 1 N–H and O–H groups in total. The molecule has 164 valence electrons. The number of nitrogens with one attached hydrogen (secondary N) is 1. The third-order valence-electron chi connectivity index (χ3n) is 4.50. The van der Waals surface area contributed by atoms with Crippen molar-refractivity contribution in [3.63, 3.8) is 0 Å². The number of hydrogen-bond acceptors (Lipinski definition) is 6. The average Bonchev–Trinajstić information content (AvgIpc) is 3.19. The van der Waals surface area contributed by atoms with E-state index in [4.69, 9.17) is 9.47 Å². The van der Waals surface area contributed by atoms with E-state index in [2.05, 4.69) is 15.6 Å². The van der Waals surface area contributed by atoms with Gasteiger partial charge < -0.3 is 19.7 Å². The Labute approximate surface area is 177 Å². The first-order valence-corrected chi connectivity index (χ1v) is 10.3. The molecular weight excluding hydrogens is 386 g/mol. The Morgan fingerprint density at radius 1 is 1.07 bits per heavy atom. The van der Waals surface area contributed by atoms with Crippen LogP contribution in [0.4, 0.5) is 5.69 Å². The normalized spacial score (nSPS) is 11.0. The monoisotopic (exact) mass is 417 g/mol. The summed E-state index contributed by atoms with van der Waals surface area (Å²) in [5.74, 6) is -0.275. The first kappa shape index (κ1) is 23.5. The molecule has 0 unspecified atom stereocenters. The lowest BCUT2D eigenvalue weighted by Gasteiger charge is -2.18. The van der Waals surface area contributed by atoms with Crippen LogP contribution < -0.4 is 5.32 Å². The summed E-state index contributed by atoms with van der Waals surface area (Å²) >= 11 is 0.